The third kappa shape index (κ3) is 1.63. The highest BCUT2D eigenvalue weighted by Crippen LogP contribution is 2.29. The zero-order valence-corrected chi connectivity index (χ0v) is 8.54. The summed E-state index contributed by atoms with van der Waals surface area (Å²) in [7, 11) is 1.39. The lowest BCUT2D eigenvalue weighted by Gasteiger charge is -2.11. The maximum atomic E-state index is 9.60. The normalized spacial score (nSPS) is 29.0. The molecular weight excluding hydrogens is 214 g/mol. The van der Waals surface area contributed by atoms with Crippen LogP contribution in [-0.2, 0) is 4.74 Å². The monoisotopic (exact) mass is 225 g/mol. The highest BCUT2D eigenvalue weighted by atomic mass is 16.5. The molecule has 3 N–H and O–H groups in total. The topological polar surface area (TPSA) is 111 Å². The van der Waals surface area contributed by atoms with Crippen molar-refractivity contribution in [3.05, 3.63) is 11.5 Å². The lowest BCUT2D eigenvalue weighted by atomic mass is 10.1. The largest absolute Gasteiger partial charge is 0.479 e. The molecule has 1 aromatic rings. The number of hydrogen-bond acceptors (Lipinski definition) is 6. The predicted molar refractivity (Wildman–Crippen MR) is 50.6 cm³/mol. The fourth-order valence-electron chi connectivity index (χ4n) is 1.57. The molecule has 0 bridgehead atoms. The molecule has 2 heterocycles. The van der Waals surface area contributed by atoms with Gasteiger partial charge in [0.05, 0.1) is 13.7 Å². The standard InChI is InChI=1S/C9H11N3O4/c1-15-9-4(2-10)11-8(12-9)7-6(14)5(13)3-16-7/h5-7,13-14H,3H2,1H3,(H,11,12)/t5-,6-,7?/m1/s1. The molecule has 3 atom stereocenters. The van der Waals surface area contributed by atoms with Gasteiger partial charge in [-0.3, -0.25) is 0 Å². The Balaban J connectivity index is 2.28. The number of aliphatic hydroxyl groups is 2. The summed E-state index contributed by atoms with van der Waals surface area (Å²) in [5.74, 6) is 0.423. The number of aliphatic hydroxyl groups excluding tert-OH is 2. The van der Waals surface area contributed by atoms with Crippen LogP contribution in [0.25, 0.3) is 0 Å². The highest BCUT2D eigenvalue weighted by molar-refractivity contribution is 5.33. The van der Waals surface area contributed by atoms with Crippen LogP contribution < -0.4 is 4.74 Å². The van der Waals surface area contributed by atoms with Gasteiger partial charge in [-0.05, 0) is 0 Å². The predicted octanol–water partition coefficient (Wildman–Crippen LogP) is -0.917. The van der Waals surface area contributed by atoms with Crippen molar-refractivity contribution < 1.29 is 19.7 Å². The average Bonchev–Trinajstić information content (AvgIpc) is 2.84. The summed E-state index contributed by atoms with van der Waals surface area (Å²) in [4.78, 5) is 6.65. The highest BCUT2D eigenvalue weighted by Gasteiger charge is 2.38. The minimum atomic E-state index is -1.05. The van der Waals surface area contributed by atoms with Gasteiger partial charge in [0.2, 0.25) is 0 Å². The van der Waals surface area contributed by atoms with Crippen molar-refractivity contribution >= 4 is 0 Å². The Morgan fingerprint density at radius 1 is 1.62 bits per heavy atom. The van der Waals surface area contributed by atoms with Crippen LogP contribution >= 0.6 is 0 Å². The van der Waals surface area contributed by atoms with Crippen LogP contribution in [0.5, 0.6) is 5.88 Å². The maximum absolute atomic E-state index is 9.60. The van der Waals surface area contributed by atoms with Gasteiger partial charge in [-0.1, -0.05) is 0 Å². The molecule has 1 aliphatic rings. The van der Waals surface area contributed by atoms with E-state index in [1.807, 2.05) is 6.07 Å². The molecule has 2 rings (SSSR count). The van der Waals surface area contributed by atoms with Gasteiger partial charge in [0, 0.05) is 0 Å². The number of nitriles is 1. The Morgan fingerprint density at radius 2 is 2.38 bits per heavy atom. The Labute approximate surface area is 91.3 Å². The van der Waals surface area contributed by atoms with E-state index in [0.717, 1.165) is 0 Å². The summed E-state index contributed by atoms with van der Waals surface area (Å²) < 4.78 is 10.0. The number of hydrogen-bond donors (Lipinski definition) is 3. The summed E-state index contributed by atoms with van der Waals surface area (Å²) in [5.41, 5.74) is 0.162. The van der Waals surface area contributed by atoms with Crippen molar-refractivity contribution in [3.8, 4) is 11.9 Å². The van der Waals surface area contributed by atoms with E-state index in [9.17, 15) is 10.2 Å². The number of nitrogens with one attached hydrogen (secondary N) is 1. The quantitative estimate of drug-likeness (QED) is 0.600. The van der Waals surface area contributed by atoms with E-state index in [1.54, 1.807) is 0 Å². The first-order valence-corrected chi connectivity index (χ1v) is 4.69. The molecule has 1 aliphatic heterocycles. The van der Waals surface area contributed by atoms with Gasteiger partial charge in [-0.2, -0.15) is 10.2 Å². The number of methoxy groups -OCH3 is 1. The number of ether oxygens (including phenoxy) is 2. The van der Waals surface area contributed by atoms with E-state index in [2.05, 4.69) is 9.97 Å². The Bertz CT molecular complexity index is 425. The number of aromatic nitrogens is 2. The molecular formula is C9H11N3O4. The Hall–Kier alpha value is -1.62. The first-order chi connectivity index (χ1) is 7.67. The third-order valence-corrected chi connectivity index (χ3v) is 2.41. The first-order valence-electron chi connectivity index (χ1n) is 4.69. The second kappa shape index (κ2) is 4.09. The minimum Gasteiger partial charge on any atom is -0.479 e. The molecule has 0 radical (unpaired) electrons. The van der Waals surface area contributed by atoms with Crippen LogP contribution in [-0.4, -0.2) is 46.1 Å². The molecule has 7 nitrogen and oxygen atoms in total. The maximum Gasteiger partial charge on any atom is 0.250 e. The fourth-order valence-corrected chi connectivity index (χ4v) is 1.57. The number of H-pyrrole nitrogens is 1. The van der Waals surface area contributed by atoms with Crippen LogP contribution in [0.2, 0.25) is 0 Å². The second-order valence-electron chi connectivity index (χ2n) is 3.43. The number of aromatic amines is 1. The summed E-state index contributed by atoms with van der Waals surface area (Å²) in [6.45, 7) is 0.0384. The van der Waals surface area contributed by atoms with Gasteiger partial charge < -0.3 is 24.7 Å². The van der Waals surface area contributed by atoms with Gasteiger partial charge in [-0.15, -0.1) is 0 Å². The molecule has 0 saturated carbocycles. The zero-order chi connectivity index (χ0) is 11.7. The molecule has 1 unspecified atom stereocenters. The van der Waals surface area contributed by atoms with E-state index in [0.29, 0.717) is 0 Å². The molecule has 0 aliphatic carbocycles. The van der Waals surface area contributed by atoms with Gasteiger partial charge in [0.25, 0.3) is 5.88 Å². The summed E-state index contributed by atoms with van der Waals surface area (Å²) in [6.07, 6.45) is -2.75. The number of imidazole rings is 1. The molecule has 1 saturated heterocycles. The van der Waals surface area contributed by atoms with Crippen molar-refractivity contribution in [1.82, 2.24) is 9.97 Å². The summed E-state index contributed by atoms with van der Waals surface area (Å²) in [6, 6.07) is 1.87. The lowest BCUT2D eigenvalue weighted by Crippen LogP contribution is -2.25. The van der Waals surface area contributed by atoms with Crippen LogP contribution in [0.4, 0.5) is 0 Å². The van der Waals surface area contributed by atoms with Gasteiger partial charge in [0.15, 0.2) is 5.69 Å². The molecule has 7 heteroatoms. The summed E-state index contributed by atoms with van der Waals surface area (Å²) in [5, 5.41) is 27.7. The van der Waals surface area contributed by atoms with Crippen LogP contribution in [0.1, 0.15) is 17.6 Å². The zero-order valence-electron chi connectivity index (χ0n) is 8.54. The van der Waals surface area contributed by atoms with Crippen molar-refractivity contribution in [2.45, 2.75) is 18.3 Å². The minimum absolute atomic E-state index is 0.0384. The fraction of sp³-hybridized carbons (Fsp3) is 0.556. The molecule has 0 amide bonds. The molecule has 1 fully saturated rings. The van der Waals surface area contributed by atoms with Crippen molar-refractivity contribution in [2.75, 3.05) is 13.7 Å². The van der Waals surface area contributed by atoms with Crippen molar-refractivity contribution in [1.29, 1.82) is 5.26 Å². The van der Waals surface area contributed by atoms with Gasteiger partial charge >= 0.3 is 0 Å². The molecule has 0 spiro atoms. The SMILES string of the molecule is COc1nc(C2OC[C@@H](O)[C@H]2O)[nH]c1C#N. The molecule has 16 heavy (non-hydrogen) atoms. The van der Waals surface area contributed by atoms with E-state index in [4.69, 9.17) is 14.7 Å². The Kier molecular flexibility index (Phi) is 2.78. The molecule has 0 aromatic carbocycles. The van der Waals surface area contributed by atoms with Crippen LogP contribution in [0, 0.1) is 11.3 Å². The van der Waals surface area contributed by atoms with E-state index in [1.165, 1.54) is 7.11 Å². The number of rotatable bonds is 2. The average molecular weight is 225 g/mol. The van der Waals surface area contributed by atoms with Crippen molar-refractivity contribution in [2.24, 2.45) is 0 Å². The van der Waals surface area contributed by atoms with E-state index < -0.39 is 18.3 Å². The van der Waals surface area contributed by atoms with Gasteiger partial charge in [-0.25, -0.2) is 0 Å². The third-order valence-electron chi connectivity index (χ3n) is 2.41. The smallest absolute Gasteiger partial charge is 0.250 e. The lowest BCUT2D eigenvalue weighted by molar-refractivity contribution is 0.0186. The first kappa shape index (κ1) is 10.9. The summed E-state index contributed by atoms with van der Waals surface area (Å²) >= 11 is 0. The van der Waals surface area contributed by atoms with E-state index in [-0.39, 0.29) is 24.0 Å². The Morgan fingerprint density at radius 3 is 2.81 bits per heavy atom. The van der Waals surface area contributed by atoms with Crippen molar-refractivity contribution in [3.63, 3.8) is 0 Å². The molecule has 1 aromatic heterocycles. The van der Waals surface area contributed by atoms with Crippen LogP contribution in [0.15, 0.2) is 0 Å². The van der Waals surface area contributed by atoms with E-state index >= 15 is 0 Å². The molecule has 86 valence electrons. The van der Waals surface area contributed by atoms with Gasteiger partial charge in [0.1, 0.15) is 30.2 Å². The van der Waals surface area contributed by atoms with Crippen LogP contribution in [0.3, 0.4) is 0 Å². The second-order valence-corrected chi connectivity index (χ2v) is 3.43. The number of nitrogens with zero attached hydrogens (tertiary/aromatic N) is 2.